The molecule has 0 aliphatic carbocycles. The summed E-state index contributed by atoms with van der Waals surface area (Å²) in [5.74, 6) is 0.478. The maximum atomic E-state index is 12.4. The second-order valence-electron chi connectivity index (χ2n) is 6.24. The van der Waals surface area contributed by atoms with Crippen LogP contribution in [0.25, 0.3) is 0 Å². The lowest BCUT2D eigenvalue weighted by atomic mass is 9.79. The SMILES string of the molecule is CC1(C(=O)CC2CCCN(S(C)(=O)=O)C2)CCNC1. The normalized spacial score (nSPS) is 33.5. The molecule has 2 rings (SSSR count). The molecule has 0 saturated carbocycles. The summed E-state index contributed by atoms with van der Waals surface area (Å²) in [6, 6.07) is 0. The van der Waals surface area contributed by atoms with E-state index in [2.05, 4.69) is 5.32 Å². The lowest BCUT2D eigenvalue weighted by Gasteiger charge is -2.32. The van der Waals surface area contributed by atoms with E-state index < -0.39 is 10.0 Å². The highest BCUT2D eigenvalue weighted by atomic mass is 32.2. The molecule has 5 nitrogen and oxygen atoms in total. The first kappa shape index (κ1) is 14.9. The Kier molecular flexibility index (Phi) is 4.32. The van der Waals surface area contributed by atoms with Crippen molar-refractivity contribution in [3.05, 3.63) is 0 Å². The van der Waals surface area contributed by atoms with E-state index in [9.17, 15) is 13.2 Å². The Labute approximate surface area is 115 Å². The van der Waals surface area contributed by atoms with Crippen LogP contribution in [0.4, 0.5) is 0 Å². The number of carbonyl (C=O) groups is 1. The molecule has 2 fully saturated rings. The molecule has 1 N–H and O–H groups in total. The Morgan fingerprint density at radius 2 is 2.21 bits per heavy atom. The number of nitrogens with one attached hydrogen (secondary N) is 1. The highest BCUT2D eigenvalue weighted by molar-refractivity contribution is 7.88. The van der Waals surface area contributed by atoms with Crippen LogP contribution < -0.4 is 5.32 Å². The predicted molar refractivity (Wildman–Crippen MR) is 74.4 cm³/mol. The number of ketones is 1. The quantitative estimate of drug-likeness (QED) is 0.823. The van der Waals surface area contributed by atoms with Crippen molar-refractivity contribution < 1.29 is 13.2 Å². The lowest BCUT2D eigenvalue weighted by molar-refractivity contribution is -0.128. The zero-order valence-corrected chi connectivity index (χ0v) is 12.6. The summed E-state index contributed by atoms with van der Waals surface area (Å²) < 4.78 is 24.7. The van der Waals surface area contributed by atoms with Crippen LogP contribution in [0.3, 0.4) is 0 Å². The van der Waals surface area contributed by atoms with Crippen LogP contribution >= 0.6 is 0 Å². The van der Waals surface area contributed by atoms with E-state index in [0.717, 1.165) is 32.4 Å². The van der Waals surface area contributed by atoms with Gasteiger partial charge >= 0.3 is 0 Å². The summed E-state index contributed by atoms with van der Waals surface area (Å²) in [6.07, 6.45) is 4.49. The highest BCUT2D eigenvalue weighted by Gasteiger charge is 2.38. The molecule has 6 heteroatoms. The van der Waals surface area contributed by atoms with Crippen LogP contribution in [0.1, 0.15) is 32.6 Å². The van der Waals surface area contributed by atoms with Crippen molar-refractivity contribution in [2.24, 2.45) is 11.3 Å². The molecule has 2 aliphatic heterocycles. The fourth-order valence-corrected chi connectivity index (χ4v) is 4.00. The topological polar surface area (TPSA) is 66.5 Å². The lowest BCUT2D eigenvalue weighted by Crippen LogP contribution is -2.41. The van der Waals surface area contributed by atoms with Gasteiger partial charge in [-0.15, -0.1) is 0 Å². The van der Waals surface area contributed by atoms with Crippen molar-refractivity contribution in [3.8, 4) is 0 Å². The molecule has 0 radical (unpaired) electrons. The van der Waals surface area contributed by atoms with Crippen LogP contribution in [0.2, 0.25) is 0 Å². The molecule has 0 amide bonds. The molecule has 0 aromatic rings. The largest absolute Gasteiger partial charge is 0.316 e. The van der Waals surface area contributed by atoms with Gasteiger partial charge in [-0.05, 0) is 31.7 Å². The second-order valence-corrected chi connectivity index (χ2v) is 8.23. The molecule has 2 aliphatic rings. The van der Waals surface area contributed by atoms with E-state index in [-0.39, 0.29) is 17.1 Å². The summed E-state index contributed by atoms with van der Waals surface area (Å²) in [4.78, 5) is 12.4. The molecule has 110 valence electrons. The minimum Gasteiger partial charge on any atom is -0.316 e. The van der Waals surface area contributed by atoms with E-state index in [0.29, 0.717) is 19.5 Å². The van der Waals surface area contributed by atoms with Crippen LogP contribution in [0, 0.1) is 11.3 Å². The maximum absolute atomic E-state index is 12.4. The van der Waals surface area contributed by atoms with Crippen molar-refractivity contribution in [1.29, 1.82) is 0 Å². The number of sulfonamides is 1. The van der Waals surface area contributed by atoms with E-state index in [4.69, 9.17) is 0 Å². The minimum absolute atomic E-state index is 0.188. The third-order valence-corrected chi connectivity index (χ3v) is 5.74. The standard InChI is InChI=1S/C13H24N2O3S/c1-13(5-6-14-10-13)12(16)8-11-4-3-7-15(9-11)19(2,17)18/h11,14H,3-10H2,1-2H3. The fraction of sp³-hybridized carbons (Fsp3) is 0.923. The Bertz CT molecular complexity index is 441. The van der Waals surface area contributed by atoms with E-state index in [1.54, 1.807) is 0 Å². The summed E-state index contributed by atoms with van der Waals surface area (Å²) in [7, 11) is -3.12. The van der Waals surface area contributed by atoms with Gasteiger partial charge in [0.15, 0.2) is 0 Å². The van der Waals surface area contributed by atoms with Crippen molar-refractivity contribution >= 4 is 15.8 Å². The molecule has 2 heterocycles. The summed E-state index contributed by atoms with van der Waals surface area (Å²) in [6.45, 7) is 4.79. The summed E-state index contributed by atoms with van der Waals surface area (Å²) in [5.41, 5.74) is -0.243. The molecule has 2 atom stereocenters. The van der Waals surface area contributed by atoms with Crippen molar-refractivity contribution in [1.82, 2.24) is 9.62 Å². The van der Waals surface area contributed by atoms with Crippen LogP contribution in [0.5, 0.6) is 0 Å². The minimum atomic E-state index is -3.12. The number of hydrogen-bond acceptors (Lipinski definition) is 4. The molecule has 0 aromatic heterocycles. The maximum Gasteiger partial charge on any atom is 0.211 e. The number of Topliss-reactive ketones (excluding diaryl/α,β-unsaturated/α-hetero) is 1. The number of nitrogens with zero attached hydrogens (tertiary/aromatic N) is 1. The van der Waals surface area contributed by atoms with Crippen LogP contribution in [0.15, 0.2) is 0 Å². The number of carbonyl (C=O) groups excluding carboxylic acids is 1. The van der Waals surface area contributed by atoms with Gasteiger partial charge in [-0.1, -0.05) is 6.92 Å². The van der Waals surface area contributed by atoms with Crippen molar-refractivity contribution in [2.45, 2.75) is 32.6 Å². The van der Waals surface area contributed by atoms with Gasteiger partial charge in [-0.25, -0.2) is 12.7 Å². The molecule has 0 spiro atoms. The Hall–Kier alpha value is -0.460. The summed E-state index contributed by atoms with van der Waals surface area (Å²) >= 11 is 0. The number of rotatable bonds is 4. The zero-order valence-electron chi connectivity index (χ0n) is 11.8. The van der Waals surface area contributed by atoms with Crippen molar-refractivity contribution in [2.75, 3.05) is 32.4 Å². The van der Waals surface area contributed by atoms with Crippen LogP contribution in [-0.4, -0.2) is 50.9 Å². The van der Waals surface area contributed by atoms with Gasteiger partial charge in [0, 0.05) is 31.5 Å². The molecule has 2 unspecified atom stereocenters. The Morgan fingerprint density at radius 1 is 1.47 bits per heavy atom. The van der Waals surface area contributed by atoms with Gasteiger partial charge < -0.3 is 5.32 Å². The van der Waals surface area contributed by atoms with Crippen LogP contribution in [-0.2, 0) is 14.8 Å². The van der Waals surface area contributed by atoms with E-state index in [1.165, 1.54) is 10.6 Å². The fourth-order valence-electron chi connectivity index (χ4n) is 3.06. The summed E-state index contributed by atoms with van der Waals surface area (Å²) in [5, 5.41) is 3.24. The average molecular weight is 288 g/mol. The average Bonchev–Trinajstić information content (AvgIpc) is 2.77. The second kappa shape index (κ2) is 5.50. The zero-order chi connectivity index (χ0) is 14.1. The Morgan fingerprint density at radius 3 is 2.79 bits per heavy atom. The van der Waals surface area contributed by atoms with Gasteiger partial charge in [0.05, 0.1) is 6.26 Å². The molecule has 19 heavy (non-hydrogen) atoms. The first-order valence-corrected chi connectivity index (χ1v) is 8.85. The van der Waals surface area contributed by atoms with Gasteiger partial charge in [0.2, 0.25) is 10.0 Å². The van der Waals surface area contributed by atoms with Gasteiger partial charge in [-0.3, -0.25) is 4.79 Å². The van der Waals surface area contributed by atoms with Gasteiger partial charge in [0.1, 0.15) is 5.78 Å². The Balaban J connectivity index is 1.94. The highest BCUT2D eigenvalue weighted by Crippen LogP contribution is 2.31. The first-order chi connectivity index (χ1) is 8.81. The molecular weight excluding hydrogens is 264 g/mol. The smallest absolute Gasteiger partial charge is 0.211 e. The first-order valence-electron chi connectivity index (χ1n) is 7.00. The molecule has 0 bridgehead atoms. The number of hydrogen-bond donors (Lipinski definition) is 1. The number of piperidine rings is 1. The third kappa shape index (κ3) is 3.55. The predicted octanol–water partition coefficient (Wildman–Crippen LogP) is 0.617. The molecule has 2 saturated heterocycles. The monoisotopic (exact) mass is 288 g/mol. The van der Waals surface area contributed by atoms with Gasteiger partial charge in [-0.2, -0.15) is 0 Å². The van der Waals surface area contributed by atoms with Crippen molar-refractivity contribution in [3.63, 3.8) is 0 Å². The molecular formula is C13H24N2O3S. The molecule has 0 aromatic carbocycles. The third-order valence-electron chi connectivity index (χ3n) is 4.47. The van der Waals surface area contributed by atoms with E-state index in [1.807, 2.05) is 6.92 Å². The van der Waals surface area contributed by atoms with E-state index >= 15 is 0 Å². The van der Waals surface area contributed by atoms with Gasteiger partial charge in [0.25, 0.3) is 0 Å².